The van der Waals surface area contributed by atoms with Crippen molar-refractivity contribution in [3.8, 4) is 17.4 Å². The predicted octanol–water partition coefficient (Wildman–Crippen LogP) is 5.60. The smallest absolute Gasteiger partial charge is 0.220 e. The van der Waals surface area contributed by atoms with E-state index < -0.39 is 0 Å². The fraction of sp³-hybridized carbons (Fsp3) is 0.455. The molecular formula is C22H28N2O3S2. The summed E-state index contributed by atoms with van der Waals surface area (Å²) in [6.07, 6.45) is 6.94. The summed E-state index contributed by atoms with van der Waals surface area (Å²) in [6.45, 7) is 2.99. The normalized spacial score (nSPS) is 15.8. The molecule has 2 heterocycles. The first kappa shape index (κ1) is 21.8. The first-order chi connectivity index (χ1) is 14.2. The molecular weight excluding hydrogens is 404 g/mol. The van der Waals surface area contributed by atoms with Crippen LogP contribution in [0.3, 0.4) is 0 Å². The third-order valence-corrected chi connectivity index (χ3v) is 7.56. The minimum Gasteiger partial charge on any atom is -0.490 e. The van der Waals surface area contributed by atoms with Crippen LogP contribution in [0.2, 0.25) is 0 Å². The van der Waals surface area contributed by atoms with Crippen molar-refractivity contribution in [3.63, 3.8) is 0 Å². The largest absolute Gasteiger partial charge is 0.490 e. The summed E-state index contributed by atoms with van der Waals surface area (Å²) in [6, 6.07) is 11.2. The van der Waals surface area contributed by atoms with Crippen LogP contribution >= 0.6 is 21.6 Å². The Balaban J connectivity index is 1.38. The Labute approximate surface area is 180 Å². The Kier molecular flexibility index (Phi) is 9.02. The molecule has 0 radical (unpaired) electrons. The lowest BCUT2D eigenvalue weighted by atomic mass is 10.1. The summed E-state index contributed by atoms with van der Waals surface area (Å²) < 4.78 is 11.4. The molecule has 5 nitrogen and oxygen atoms in total. The molecule has 1 atom stereocenters. The van der Waals surface area contributed by atoms with Gasteiger partial charge >= 0.3 is 0 Å². The Morgan fingerprint density at radius 3 is 2.79 bits per heavy atom. The molecule has 3 rings (SSSR count). The predicted molar refractivity (Wildman–Crippen MR) is 121 cm³/mol. The molecule has 2 aromatic rings. The number of hydrogen-bond donors (Lipinski definition) is 1. The summed E-state index contributed by atoms with van der Waals surface area (Å²) >= 11 is 0. The van der Waals surface area contributed by atoms with Gasteiger partial charge in [0.2, 0.25) is 11.8 Å². The van der Waals surface area contributed by atoms with Crippen LogP contribution in [0.15, 0.2) is 42.6 Å². The number of nitrogens with zero attached hydrogens (tertiary/aromatic N) is 1. The number of carbonyl (C=O) groups is 1. The zero-order chi connectivity index (χ0) is 20.3. The van der Waals surface area contributed by atoms with Gasteiger partial charge in [0.15, 0.2) is 11.5 Å². The second-order valence-electron chi connectivity index (χ2n) is 6.84. The SMILES string of the molecule is CCOc1ccccc1Oc1ccc(CNC(=O)CCCCC2CCSS2)cn1. The molecule has 0 saturated carbocycles. The Morgan fingerprint density at radius 2 is 2.07 bits per heavy atom. The van der Waals surface area contributed by atoms with Crippen LogP contribution in [0.4, 0.5) is 0 Å². The van der Waals surface area contributed by atoms with E-state index in [9.17, 15) is 4.79 Å². The van der Waals surface area contributed by atoms with Crippen LogP contribution in [-0.2, 0) is 11.3 Å². The fourth-order valence-corrected chi connectivity index (χ4v) is 6.04. The summed E-state index contributed by atoms with van der Waals surface area (Å²) in [5.41, 5.74) is 0.947. The summed E-state index contributed by atoms with van der Waals surface area (Å²) in [5.74, 6) is 3.20. The molecule has 1 N–H and O–H groups in total. The highest BCUT2D eigenvalue weighted by molar-refractivity contribution is 8.77. The average molecular weight is 433 g/mol. The molecule has 1 fully saturated rings. The van der Waals surface area contributed by atoms with Crippen LogP contribution in [0.5, 0.6) is 17.4 Å². The molecule has 1 amide bonds. The molecule has 29 heavy (non-hydrogen) atoms. The summed E-state index contributed by atoms with van der Waals surface area (Å²) in [7, 11) is 3.98. The number of ether oxygens (including phenoxy) is 2. The summed E-state index contributed by atoms with van der Waals surface area (Å²) in [4.78, 5) is 16.4. The number of amides is 1. The van der Waals surface area contributed by atoms with Crippen molar-refractivity contribution in [2.45, 2.75) is 50.8 Å². The van der Waals surface area contributed by atoms with E-state index in [4.69, 9.17) is 9.47 Å². The molecule has 0 spiro atoms. The van der Waals surface area contributed by atoms with E-state index in [0.717, 1.165) is 23.7 Å². The molecule has 1 aliphatic rings. The number of para-hydroxylation sites is 2. The van der Waals surface area contributed by atoms with Crippen molar-refractivity contribution in [1.29, 1.82) is 0 Å². The summed E-state index contributed by atoms with van der Waals surface area (Å²) in [5, 5.41) is 3.76. The van der Waals surface area contributed by atoms with Gasteiger partial charge in [0, 0.05) is 36.2 Å². The van der Waals surface area contributed by atoms with Gasteiger partial charge in [0.25, 0.3) is 0 Å². The van der Waals surface area contributed by atoms with Crippen LogP contribution in [-0.4, -0.2) is 28.5 Å². The van der Waals surface area contributed by atoms with Crippen molar-refractivity contribution < 1.29 is 14.3 Å². The van der Waals surface area contributed by atoms with Gasteiger partial charge in [-0.05, 0) is 43.9 Å². The van der Waals surface area contributed by atoms with Crippen molar-refractivity contribution >= 4 is 27.5 Å². The first-order valence-electron chi connectivity index (χ1n) is 10.1. The van der Waals surface area contributed by atoms with Crippen molar-refractivity contribution in [2.75, 3.05) is 12.4 Å². The molecule has 1 aromatic heterocycles. The maximum atomic E-state index is 12.0. The first-order valence-corrected chi connectivity index (χ1v) is 12.5. The molecule has 1 unspecified atom stereocenters. The standard InChI is InChI=1S/C22H28N2O3S2/c1-2-26-19-8-4-5-9-20(19)27-22-12-11-17(16-24-22)15-23-21(25)10-6-3-7-18-13-14-28-29-18/h4-5,8-9,11-12,16,18H,2-3,6-7,10,13-15H2,1H3,(H,23,25). The van der Waals surface area contributed by atoms with E-state index in [1.54, 1.807) is 6.20 Å². The number of benzene rings is 1. The van der Waals surface area contributed by atoms with E-state index >= 15 is 0 Å². The Morgan fingerprint density at radius 1 is 1.21 bits per heavy atom. The van der Waals surface area contributed by atoms with Crippen molar-refractivity contribution in [2.24, 2.45) is 0 Å². The second-order valence-corrected chi connectivity index (χ2v) is 9.63. The van der Waals surface area contributed by atoms with Crippen LogP contribution < -0.4 is 14.8 Å². The Bertz CT molecular complexity index is 765. The third-order valence-electron chi connectivity index (χ3n) is 4.56. The average Bonchev–Trinajstić information content (AvgIpc) is 3.26. The maximum Gasteiger partial charge on any atom is 0.220 e. The Hall–Kier alpha value is -1.86. The number of nitrogens with one attached hydrogen (secondary N) is 1. The highest BCUT2D eigenvalue weighted by Gasteiger charge is 2.15. The van der Waals surface area contributed by atoms with Crippen LogP contribution in [0.1, 0.15) is 44.6 Å². The minimum atomic E-state index is 0.101. The minimum absolute atomic E-state index is 0.101. The maximum absolute atomic E-state index is 12.0. The van der Waals surface area contributed by atoms with Gasteiger partial charge in [0.05, 0.1) is 6.61 Å². The number of carbonyl (C=O) groups excluding carboxylic acids is 1. The zero-order valence-corrected chi connectivity index (χ0v) is 18.4. The third kappa shape index (κ3) is 7.48. The van der Waals surface area contributed by atoms with Crippen LogP contribution in [0, 0.1) is 0 Å². The topological polar surface area (TPSA) is 60.5 Å². The number of unbranched alkanes of at least 4 members (excludes halogenated alkanes) is 1. The molecule has 156 valence electrons. The molecule has 0 bridgehead atoms. The molecule has 1 aromatic carbocycles. The van der Waals surface area contributed by atoms with Gasteiger partial charge in [0.1, 0.15) is 0 Å². The number of hydrogen-bond acceptors (Lipinski definition) is 6. The molecule has 1 saturated heterocycles. The van der Waals surface area contributed by atoms with Crippen molar-refractivity contribution in [1.82, 2.24) is 10.3 Å². The molecule has 1 aliphatic heterocycles. The van der Waals surface area contributed by atoms with E-state index in [1.807, 2.05) is 64.9 Å². The van der Waals surface area contributed by atoms with Crippen molar-refractivity contribution in [3.05, 3.63) is 48.2 Å². The quantitative estimate of drug-likeness (QED) is 0.368. The number of rotatable bonds is 11. The molecule has 7 heteroatoms. The number of pyridine rings is 1. The highest BCUT2D eigenvalue weighted by atomic mass is 33.1. The number of aromatic nitrogens is 1. The van der Waals surface area contributed by atoms with Gasteiger partial charge in [-0.25, -0.2) is 4.98 Å². The van der Waals surface area contributed by atoms with Gasteiger partial charge in [-0.15, -0.1) is 0 Å². The zero-order valence-electron chi connectivity index (χ0n) is 16.8. The lowest BCUT2D eigenvalue weighted by Crippen LogP contribution is -2.22. The van der Waals surface area contributed by atoms with Crippen LogP contribution in [0.25, 0.3) is 0 Å². The monoisotopic (exact) mass is 432 g/mol. The highest BCUT2D eigenvalue weighted by Crippen LogP contribution is 2.39. The van der Waals surface area contributed by atoms with Gasteiger partial charge in [-0.3, -0.25) is 4.79 Å². The van der Waals surface area contributed by atoms with Gasteiger partial charge in [-0.2, -0.15) is 0 Å². The second kappa shape index (κ2) is 12.0. The lowest BCUT2D eigenvalue weighted by Gasteiger charge is -2.11. The van der Waals surface area contributed by atoms with Gasteiger partial charge in [-0.1, -0.05) is 46.2 Å². The molecule has 0 aliphatic carbocycles. The van der Waals surface area contributed by atoms with E-state index in [-0.39, 0.29) is 5.91 Å². The fourth-order valence-electron chi connectivity index (χ4n) is 3.01. The van der Waals surface area contributed by atoms with Gasteiger partial charge < -0.3 is 14.8 Å². The van der Waals surface area contributed by atoms with E-state index in [1.165, 1.54) is 18.6 Å². The lowest BCUT2D eigenvalue weighted by molar-refractivity contribution is -0.121. The van der Waals surface area contributed by atoms with E-state index in [2.05, 4.69) is 10.3 Å². The van der Waals surface area contributed by atoms with E-state index in [0.29, 0.717) is 37.0 Å².